The predicted octanol–water partition coefficient (Wildman–Crippen LogP) is 2.37. The van der Waals surface area contributed by atoms with Crippen molar-refractivity contribution in [3.05, 3.63) is 60.8 Å². The summed E-state index contributed by atoms with van der Waals surface area (Å²) in [6.45, 7) is 4.84. The third-order valence-corrected chi connectivity index (χ3v) is 4.61. The van der Waals surface area contributed by atoms with E-state index in [-0.39, 0.29) is 6.54 Å². The van der Waals surface area contributed by atoms with Gasteiger partial charge < -0.3 is 9.88 Å². The molecule has 154 valence electrons. The predicted molar refractivity (Wildman–Crippen MR) is 106 cm³/mol. The molecule has 2 heterocycles. The fourth-order valence-electron chi connectivity index (χ4n) is 3.16. The first-order chi connectivity index (χ1) is 13.9. The number of unbranched alkanes of at least 4 members (excludes halogenated alkanes) is 1. The van der Waals surface area contributed by atoms with Gasteiger partial charge in [-0.1, -0.05) is 13.3 Å². The molecule has 0 aliphatic rings. The summed E-state index contributed by atoms with van der Waals surface area (Å²) in [7, 11) is 0. The van der Waals surface area contributed by atoms with Crippen LogP contribution in [0.25, 0.3) is 11.2 Å². The number of rotatable bonds is 8. The molecule has 1 aromatic carbocycles. The Kier molecular flexibility index (Phi) is 5.76. The van der Waals surface area contributed by atoms with Crippen LogP contribution >= 0.6 is 0 Å². The van der Waals surface area contributed by atoms with Crippen LogP contribution < -0.4 is 16.6 Å². The highest BCUT2D eigenvalue weighted by atomic mass is 19.1. The third-order valence-electron chi connectivity index (χ3n) is 4.61. The lowest BCUT2D eigenvalue weighted by atomic mass is 10.2. The maximum atomic E-state index is 13.5. The Balaban J connectivity index is 2.01. The largest absolute Gasteiger partial charge is 0.378 e. The van der Waals surface area contributed by atoms with E-state index >= 15 is 0 Å². The molecular formula is C18H21FN6O4. The van der Waals surface area contributed by atoms with Crippen molar-refractivity contribution in [3.63, 3.8) is 0 Å². The van der Waals surface area contributed by atoms with Gasteiger partial charge in [-0.25, -0.2) is 9.78 Å². The molecule has 0 saturated carbocycles. The zero-order valence-electron chi connectivity index (χ0n) is 16.1. The molecule has 0 spiro atoms. The van der Waals surface area contributed by atoms with Crippen LogP contribution in [-0.4, -0.2) is 24.0 Å². The van der Waals surface area contributed by atoms with E-state index in [4.69, 9.17) is 0 Å². The lowest BCUT2D eigenvalue weighted by molar-refractivity contribution is -0.387. The fourth-order valence-corrected chi connectivity index (χ4v) is 3.16. The summed E-state index contributed by atoms with van der Waals surface area (Å²) in [5.41, 5.74) is -0.726. The zero-order valence-corrected chi connectivity index (χ0v) is 16.1. The molecule has 0 aliphatic carbocycles. The van der Waals surface area contributed by atoms with Crippen LogP contribution in [-0.2, 0) is 19.6 Å². The Hall–Kier alpha value is -3.50. The number of anilines is 1. The molecule has 10 nitrogen and oxygen atoms in total. The van der Waals surface area contributed by atoms with Gasteiger partial charge in [0.05, 0.1) is 11.5 Å². The first kappa shape index (κ1) is 20.2. The number of aryl methyl sites for hydroxylation is 2. The summed E-state index contributed by atoms with van der Waals surface area (Å²) in [6, 6.07) is 3.49. The normalized spacial score (nSPS) is 11.1. The number of aromatic amines is 1. The first-order valence-electron chi connectivity index (χ1n) is 9.27. The molecule has 3 aromatic rings. The van der Waals surface area contributed by atoms with Crippen LogP contribution in [0.5, 0.6) is 0 Å². The quantitative estimate of drug-likeness (QED) is 0.438. The number of nitro benzene ring substituents is 1. The van der Waals surface area contributed by atoms with E-state index in [1.807, 2.05) is 13.8 Å². The minimum atomic E-state index is -0.923. The Morgan fingerprint density at radius 3 is 2.69 bits per heavy atom. The Bertz CT molecular complexity index is 1180. The molecule has 0 aliphatic heterocycles. The lowest BCUT2D eigenvalue weighted by Crippen LogP contribution is -2.31. The topological polar surface area (TPSA) is 128 Å². The van der Waals surface area contributed by atoms with E-state index in [0.717, 1.165) is 25.0 Å². The van der Waals surface area contributed by atoms with Crippen molar-refractivity contribution in [3.8, 4) is 0 Å². The van der Waals surface area contributed by atoms with Gasteiger partial charge in [-0.3, -0.25) is 24.5 Å². The number of hydrogen-bond donors (Lipinski definition) is 2. The maximum absolute atomic E-state index is 13.5. The maximum Gasteiger partial charge on any atom is 0.330 e. The van der Waals surface area contributed by atoms with Crippen molar-refractivity contribution >= 4 is 22.5 Å². The molecular weight excluding hydrogens is 383 g/mol. The zero-order chi connectivity index (χ0) is 21.1. The molecule has 2 N–H and O–H groups in total. The number of H-pyrrole nitrogens is 1. The molecule has 2 aromatic heterocycles. The van der Waals surface area contributed by atoms with Gasteiger partial charge >= 0.3 is 11.4 Å². The number of halogens is 1. The number of nitrogens with one attached hydrogen (secondary N) is 2. The molecule has 0 unspecified atom stereocenters. The second-order valence-corrected chi connectivity index (χ2v) is 6.49. The van der Waals surface area contributed by atoms with Gasteiger partial charge in [0.25, 0.3) is 5.56 Å². The molecule has 0 bridgehead atoms. The van der Waals surface area contributed by atoms with Crippen molar-refractivity contribution in [2.45, 2.75) is 46.3 Å². The van der Waals surface area contributed by atoms with Crippen molar-refractivity contribution < 1.29 is 9.31 Å². The van der Waals surface area contributed by atoms with Gasteiger partial charge in [0.1, 0.15) is 5.82 Å². The number of imidazole rings is 1. The van der Waals surface area contributed by atoms with Gasteiger partial charge in [-0.2, -0.15) is 4.39 Å². The number of fused-ring (bicyclic) bond motifs is 1. The van der Waals surface area contributed by atoms with Crippen molar-refractivity contribution in [1.82, 2.24) is 19.1 Å². The number of aromatic nitrogens is 4. The highest BCUT2D eigenvalue weighted by Crippen LogP contribution is 2.22. The first-order valence-corrected chi connectivity index (χ1v) is 9.27. The second-order valence-electron chi connectivity index (χ2n) is 6.49. The fraction of sp³-hybridized carbons (Fsp3) is 0.389. The molecule has 0 radical (unpaired) electrons. The highest BCUT2D eigenvalue weighted by Gasteiger charge is 2.18. The number of nitrogens with zero attached hydrogens (tertiary/aromatic N) is 4. The average Bonchev–Trinajstić information content (AvgIpc) is 3.05. The highest BCUT2D eigenvalue weighted by molar-refractivity contribution is 5.71. The number of hydrogen-bond acceptors (Lipinski definition) is 6. The van der Waals surface area contributed by atoms with Crippen LogP contribution in [0.2, 0.25) is 0 Å². The van der Waals surface area contributed by atoms with Gasteiger partial charge in [0.2, 0.25) is 5.82 Å². The van der Waals surface area contributed by atoms with Crippen molar-refractivity contribution in [2.24, 2.45) is 0 Å². The van der Waals surface area contributed by atoms with Crippen LogP contribution in [0.4, 0.5) is 15.8 Å². The van der Waals surface area contributed by atoms with E-state index in [2.05, 4.69) is 15.3 Å². The van der Waals surface area contributed by atoms with Gasteiger partial charge in [-0.15, -0.1) is 0 Å². The van der Waals surface area contributed by atoms with Gasteiger partial charge in [-0.05, 0) is 25.5 Å². The van der Waals surface area contributed by atoms with E-state index in [9.17, 15) is 24.1 Å². The third kappa shape index (κ3) is 3.89. The van der Waals surface area contributed by atoms with E-state index < -0.39 is 27.7 Å². The molecule has 11 heteroatoms. The SMILES string of the molecule is CCCCn1c(=O)[nH]c(=O)c2c1nc(CNc1ccc(F)c([N+](=O)[O-])c1)n2CC. The molecule has 3 rings (SSSR count). The average molecular weight is 404 g/mol. The minimum Gasteiger partial charge on any atom is -0.378 e. The molecule has 0 fully saturated rings. The van der Waals surface area contributed by atoms with Gasteiger partial charge in [0, 0.05) is 24.8 Å². The summed E-state index contributed by atoms with van der Waals surface area (Å²) in [4.78, 5) is 41.5. The Labute approximate surface area is 164 Å². The van der Waals surface area contributed by atoms with Crippen LogP contribution in [0.15, 0.2) is 27.8 Å². The summed E-state index contributed by atoms with van der Waals surface area (Å²) >= 11 is 0. The smallest absolute Gasteiger partial charge is 0.330 e. The van der Waals surface area contributed by atoms with Crippen molar-refractivity contribution in [1.29, 1.82) is 0 Å². The summed E-state index contributed by atoms with van der Waals surface area (Å²) in [6.07, 6.45) is 1.63. The van der Waals surface area contributed by atoms with E-state index in [1.165, 1.54) is 10.6 Å². The monoisotopic (exact) mass is 404 g/mol. The Morgan fingerprint density at radius 2 is 2.03 bits per heavy atom. The molecule has 0 atom stereocenters. The molecule has 0 amide bonds. The van der Waals surface area contributed by atoms with Crippen molar-refractivity contribution in [2.75, 3.05) is 5.32 Å². The van der Waals surface area contributed by atoms with Crippen LogP contribution in [0, 0.1) is 15.9 Å². The standard InChI is InChI=1S/C18H21FN6O4/c1-3-5-8-24-16-15(17(26)22-18(24)27)23(4-2)14(21-16)10-20-11-6-7-12(19)13(9-11)25(28)29/h6-7,9,20H,3-5,8,10H2,1-2H3,(H,22,26,27). The van der Waals surface area contributed by atoms with Crippen LogP contribution in [0.1, 0.15) is 32.5 Å². The van der Waals surface area contributed by atoms with Crippen LogP contribution in [0.3, 0.4) is 0 Å². The minimum absolute atomic E-state index is 0.132. The number of nitro groups is 1. The molecule has 0 saturated heterocycles. The van der Waals surface area contributed by atoms with E-state index in [0.29, 0.717) is 35.8 Å². The van der Waals surface area contributed by atoms with Gasteiger partial charge in [0.15, 0.2) is 11.2 Å². The lowest BCUT2D eigenvalue weighted by Gasteiger charge is -2.08. The van der Waals surface area contributed by atoms with E-state index in [1.54, 1.807) is 4.57 Å². The molecule has 29 heavy (non-hydrogen) atoms. The Morgan fingerprint density at radius 1 is 1.28 bits per heavy atom. The summed E-state index contributed by atoms with van der Waals surface area (Å²) < 4.78 is 16.6. The number of benzene rings is 1. The second kappa shape index (κ2) is 8.25. The summed E-state index contributed by atoms with van der Waals surface area (Å²) in [5.74, 6) is -0.441. The summed E-state index contributed by atoms with van der Waals surface area (Å²) in [5, 5.41) is 13.9.